The second-order valence-corrected chi connectivity index (χ2v) is 6.42. The number of aromatic nitrogens is 4. The van der Waals surface area contributed by atoms with Crippen LogP contribution in [0.1, 0.15) is 12.8 Å². The molecule has 1 fully saturated rings. The first-order valence-electron chi connectivity index (χ1n) is 8.44. The minimum atomic E-state index is -0.0183. The molecule has 0 spiro atoms. The zero-order chi connectivity index (χ0) is 17.2. The van der Waals surface area contributed by atoms with E-state index in [0.717, 1.165) is 35.1 Å². The van der Waals surface area contributed by atoms with Crippen LogP contribution in [0.5, 0.6) is 0 Å². The van der Waals surface area contributed by atoms with E-state index in [1.807, 2.05) is 25.4 Å². The van der Waals surface area contributed by atoms with E-state index in [1.165, 1.54) is 12.8 Å². The number of hydrogen-bond donors (Lipinski definition) is 1. The normalized spacial score (nSPS) is 14.9. The van der Waals surface area contributed by atoms with Crippen molar-refractivity contribution in [1.29, 1.82) is 0 Å². The number of pyridine rings is 2. The standard InChI is InChI=1S/C18H20N6O/c1-23-11-15(10-21-23)16-6-13-7-17(20-9-14(13)8-19-16)22-18(25)12-24-4-2-3-5-24/h6-11H,2-5,12H2,1H3,(H,20,22,25). The Kier molecular flexibility index (Phi) is 4.15. The van der Waals surface area contributed by atoms with Crippen molar-refractivity contribution in [2.75, 3.05) is 25.0 Å². The van der Waals surface area contributed by atoms with Crippen LogP contribution in [-0.2, 0) is 11.8 Å². The minimum absolute atomic E-state index is 0.0183. The molecule has 3 aromatic heterocycles. The first-order chi connectivity index (χ1) is 12.2. The van der Waals surface area contributed by atoms with Gasteiger partial charge in [0, 0.05) is 36.6 Å². The lowest BCUT2D eigenvalue weighted by Crippen LogP contribution is -2.31. The molecule has 3 aromatic rings. The highest BCUT2D eigenvalue weighted by molar-refractivity contribution is 5.94. The van der Waals surface area contributed by atoms with Crippen LogP contribution in [0.3, 0.4) is 0 Å². The SMILES string of the molecule is Cn1cc(-c2cc3cc(NC(=O)CN4CCCC4)ncc3cn2)cn1. The molecule has 0 aliphatic carbocycles. The molecule has 128 valence electrons. The van der Waals surface area contributed by atoms with Crippen molar-refractivity contribution in [3.05, 3.63) is 36.9 Å². The molecule has 1 aliphatic rings. The van der Waals surface area contributed by atoms with Crippen LogP contribution in [-0.4, -0.2) is 50.2 Å². The van der Waals surface area contributed by atoms with Gasteiger partial charge in [0.15, 0.2) is 0 Å². The van der Waals surface area contributed by atoms with E-state index >= 15 is 0 Å². The van der Waals surface area contributed by atoms with Crippen molar-refractivity contribution in [3.8, 4) is 11.3 Å². The molecule has 4 heterocycles. The number of aryl methyl sites for hydroxylation is 1. The van der Waals surface area contributed by atoms with E-state index in [4.69, 9.17) is 0 Å². The number of carbonyl (C=O) groups is 1. The number of fused-ring (bicyclic) bond motifs is 1. The molecular weight excluding hydrogens is 316 g/mol. The molecule has 1 N–H and O–H groups in total. The van der Waals surface area contributed by atoms with Crippen LogP contribution in [0.4, 0.5) is 5.82 Å². The van der Waals surface area contributed by atoms with Crippen LogP contribution in [0, 0.1) is 0 Å². The molecule has 4 rings (SSSR count). The average molecular weight is 336 g/mol. The van der Waals surface area contributed by atoms with Gasteiger partial charge < -0.3 is 5.32 Å². The summed E-state index contributed by atoms with van der Waals surface area (Å²) >= 11 is 0. The van der Waals surface area contributed by atoms with Crippen LogP contribution < -0.4 is 5.32 Å². The third-order valence-electron chi connectivity index (χ3n) is 4.44. The minimum Gasteiger partial charge on any atom is -0.310 e. The molecule has 0 bridgehead atoms. The molecule has 0 unspecified atom stereocenters. The molecule has 0 saturated carbocycles. The van der Waals surface area contributed by atoms with E-state index in [0.29, 0.717) is 12.4 Å². The van der Waals surface area contributed by atoms with Gasteiger partial charge in [-0.15, -0.1) is 0 Å². The lowest BCUT2D eigenvalue weighted by Gasteiger charge is -2.13. The average Bonchev–Trinajstić information content (AvgIpc) is 3.26. The summed E-state index contributed by atoms with van der Waals surface area (Å²) < 4.78 is 1.75. The Morgan fingerprint density at radius 3 is 2.68 bits per heavy atom. The van der Waals surface area contributed by atoms with Crippen LogP contribution in [0.2, 0.25) is 0 Å². The number of nitrogens with zero attached hydrogens (tertiary/aromatic N) is 5. The number of amides is 1. The first-order valence-corrected chi connectivity index (χ1v) is 8.44. The van der Waals surface area contributed by atoms with Gasteiger partial charge in [0.25, 0.3) is 0 Å². The molecule has 1 saturated heterocycles. The van der Waals surface area contributed by atoms with Crippen molar-refractivity contribution >= 4 is 22.5 Å². The van der Waals surface area contributed by atoms with E-state index in [1.54, 1.807) is 23.3 Å². The Bertz CT molecular complexity index is 913. The van der Waals surface area contributed by atoms with Gasteiger partial charge in [-0.1, -0.05) is 0 Å². The predicted octanol–water partition coefficient (Wildman–Crippen LogP) is 2.06. The first kappa shape index (κ1) is 15.7. The number of nitrogens with one attached hydrogen (secondary N) is 1. The molecule has 0 aromatic carbocycles. The second-order valence-electron chi connectivity index (χ2n) is 6.42. The summed E-state index contributed by atoms with van der Waals surface area (Å²) in [7, 11) is 1.88. The fourth-order valence-electron chi connectivity index (χ4n) is 3.14. The van der Waals surface area contributed by atoms with Crippen LogP contribution in [0.15, 0.2) is 36.9 Å². The highest BCUT2D eigenvalue weighted by Crippen LogP contribution is 2.22. The fraction of sp³-hybridized carbons (Fsp3) is 0.333. The fourth-order valence-corrected chi connectivity index (χ4v) is 3.14. The van der Waals surface area contributed by atoms with Crippen LogP contribution >= 0.6 is 0 Å². The van der Waals surface area contributed by atoms with Gasteiger partial charge in [-0.3, -0.25) is 19.4 Å². The van der Waals surface area contributed by atoms with Gasteiger partial charge in [0.2, 0.25) is 5.91 Å². The van der Waals surface area contributed by atoms with E-state index in [2.05, 4.69) is 25.3 Å². The summed E-state index contributed by atoms with van der Waals surface area (Å²) in [5.41, 5.74) is 1.81. The molecule has 1 amide bonds. The summed E-state index contributed by atoms with van der Waals surface area (Å²) in [6.07, 6.45) is 9.58. The van der Waals surface area contributed by atoms with Gasteiger partial charge in [0.1, 0.15) is 5.82 Å². The lowest BCUT2D eigenvalue weighted by molar-refractivity contribution is -0.117. The lowest BCUT2D eigenvalue weighted by atomic mass is 10.1. The number of anilines is 1. The summed E-state index contributed by atoms with van der Waals surface area (Å²) in [4.78, 5) is 23.1. The quantitative estimate of drug-likeness (QED) is 0.789. The van der Waals surface area contributed by atoms with Gasteiger partial charge >= 0.3 is 0 Å². The number of carbonyl (C=O) groups excluding carboxylic acids is 1. The van der Waals surface area contributed by atoms with Crippen LogP contribution in [0.25, 0.3) is 22.0 Å². The maximum atomic E-state index is 12.2. The Labute approximate surface area is 145 Å². The number of hydrogen-bond acceptors (Lipinski definition) is 5. The molecule has 0 radical (unpaired) electrons. The van der Waals surface area contributed by atoms with Gasteiger partial charge in [0.05, 0.1) is 18.4 Å². The van der Waals surface area contributed by atoms with Gasteiger partial charge in [-0.2, -0.15) is 5.10 Å². The number of rotatable bonds is 4. The van der Waals surface area contributed by atoms with Gasteiger partial charge in [-0.25, -0.2) is 4.98 Å². The molecular formula is C18H20N6O. The topological polar surface area (TPSA) is 75.9 Å². The maximum absolute atomic E-state index is 12.2. The highest BCUT2D eigenvalue weighted by atomic mass is 16.2. The molecule has 0 atom stereocenters. The second kappa shape index (κ2) is 6.60. The van der Waals surface area contributed by atoms with Crippen molar-refractivity contribution in [1.82, 2.24) is 24.6 Å². The highest BCUT2D eigenvalue weighted by Gasteiger charge is 2.15. The Morgan fingerprint density at radius 2 is 1.92 bits per heavy atom. The van der Waals surface area contributed by atoms with Gasteiger partial charge in [-0.05, 0) is 43.5 Å². The zero-order valence-electron chi connectivity index (χ0n) is 14.1. The Balaban J connectivity index is 1.54. The van der Waals surface area contributed by atoms with E-state index < -0.39 is 0 Å². The Hall–Kier alpha value is -2.80. The van der Waals surface area contributed by atoms with Crippen molar-refractivity contribution in [2.45, 2.75) is 12.8 Å². The third-order valence-corrected chi connectivity index (χ3v) is 4.44. The monoisotopic (exact) mass is 336 g/mol. The Morgan fingerprint density at radius 1 is 1.12 bits per heavy atom. The summed E-state index contributed by atoms with van der Waals surface area (Å²) in [6.45, 7) is 2.43. The van der Waals surface area contributed by atoms with Crippen molar-refractivity contribution < 1.29 is 4.79 Å². The van der Waals surface area contributed by atoms with Crippen molar-refractivity contribution in [3.63, 3.8) is 0 Å². The summed E-state index contributed by atoms with van der Waals surface area (Å²) in [5, 5.41) is 9.00. The summed E-state index contributed by atoms with van der Waals surface area (Å²) in [5.74, 6) is 0.551. The zero-order valence-corrected chi connectivity index (χ0v) is 14.1. The largest absolute Gasteiger partial charge is 0.310 e. The molecule has 25 heavy (non-hydrogen) atoms. The van der Waals surface area contributed by atoms with E-state index in [9.17, 15) is 4.79 Å². The molecule has 7 nitrogen and oxygen atoms in total. The van der Waals surface area contributed by atoms with Crippen molar-refractivity contribution in [2.24, 2.45) is 7.05 Å². The number of likely N-dealkylation sites (tertiary alicyclic amines) is 1. The maximum Gasteiger partial charge on any atom is 0.239 e. The predicted molar refractivity (Wildman–Crippen MR) is 96.0 cm³/mol. The van der Waals surface area contributed by atoms with E-state index in [-0.39, 0.29) is 5.91 Å². The smallest absolute Gasteiger partial charge is 0.239 e. The molecule has 1 aliphatic heterocycles. The molecule has 7 heteroatoms. The third kappa shape index (κ3) is 3.51. The summed E-state index contributed by atoms with van der Waals surface area (Å²) in [6, 6.07) is 3.88.